The lowest BCUT2D eigenvalue weighted by atomic mass is 10.1. The average Bonchev–Trinajstić information content (AvgIpc) is 2.57. The molecule has 1 amide bonds. The molecule has 3 rings (SSSR count). The second-order valence-corrected chi connectivity index (χ2v) is 7.22. The fraction of sp³-hybridized carbons (Fsp3) is 0.200. The molecule has 0 bridgehead atoms. The molecule has 0 spiro atoms. The molecular formula is C20H20N2OS. The number of benzene rings is 2. The summed E-state index contributed by atoms with van der Waals surface area (Å²) in [5.41, 5.74) is 4.06. The molecule has 1 aromatic heterocycles. The van der Waals surface area contributed by atoms with Gasteiger partial charge in [0.2, 0.25) is 5.91 Å². The van der Waals surface area contributed by atoms with E-state index in [1.165, 1.54) is 17.3 Å². The second kappa shape index (κ2) is 7.05. The average molecular weight is 336 g/mol. The highest BCUT2D eigenvalue weighted by atomic mass is 32.2. The molecule has 3 nitrogen and oxygen atoms in total. The molecule has 1 atom stereocenters. The maximum atomic E-state index is 12.5. The number of hydrogen-bond donors (Lipinski definition) is 1. The van der Waals surface area contributed by atoms with Gasteiger partial charge >= 0.3 is 0 Å². The highest BCUT2D eigenvalue weighted by Crippen LogP contribution is 2.27. The summed E-state index contributed by atoms with van der Waals surface area (Å²) in [6, 6.07) is 17.9. The number of nitrogens with zero attached hydrogens (tertiary/aromatic N) is 1. The van der Waals surface area contributed by atoms with Gasteiger partial charge in [0.15, 0.2) is 0 Å². The summed E-state index contributed by atoms with van der Waals surface area (Å²) in [5, 5.41) is 4.80. The minimum atomic E-state index is -0.224. The van der Waals surface area contributed by atoms with Gasteiger partial charge in [-0.1, -0.05) is 48.2 Å². The summed E-state index contributed by atoms with van der Waals surface area (Å²) in [7, 11) is 0. The first-order valence-corrected chi connectivity index (χ1v) is 8.82. The molecule has 1 N–H and O–H groups in total. The predicted octanol–water partition coefficient (Wildman–Crippen LogP) is 4.97. The fourth-order valence-corrected chi connectivity index (χ4v) is 3.49. The van der Waals surface area contributed by atoms with Gasteiger partial charge in [0.1, 0.15) is 0 Å². The van der Waals surface area contributed by atoms with E-state index in [1.54, 1.807) is 0 Å². The number of anilines is 1. The Hall–Kier alpha value is -2.33. The molecule has 122 valence electrons. The van der Waals surface area contributed by atoms with Crippen LogP contribution in [0.2, 0.25) is 0 Å². The number of carbonyl (C=O) groups excluding carboxylic acids is 1. The molecule has 24 heavy (non-hydrogen) atoms. The highest BCUT2D eigenvalue weighted by molar-refractivity contribution is 8.00. The number of hydrogen-bond acceptors (Lipinski definition) is 3. The number of aryl methyl sites for hydroxylation is 2. The predicted molar refractivity (Wildman–Crippen MR) is 102 cm³/mol. The first-order chi connectivity index (χ1) is 11.5. The van der Waals surface area contributed by atoms with Gasteiger partial charge in [-0.3, -0.25) is 4.79 Å². The zero-order valence-electron chi connectivity index (χ0n) is 14.0. The lowest BCUT2D eigenvalue weighted by molar-refractivity contribution is -0.115. The number of nitrogens with one attached hydrogen (secondary N) is 1. The molecule has 0 fully saturated rings. The van der Waals surface area contributed by atoms with E-state index in [0.717, 1.165) is 27.2 Å². The van der Waals surface area contributed by atoms with Crippen LogP contribution in [0.5, 0.6) is 0 Å². The Morgan fingerprint density at radius 2 is 1.75 bits per heavy atom. The molecule has 1 unspecified atom stereocenters. The third-order valence-corrected chi connectivity index (χ3v) is 4.99. The van der Waals surface area contributed by atoms with Crippen LogP contribution < -0.4 is 5.32 Å². The van der Waals surface area contributed by atoms with Crippen LogP contribution in [0.3, 0.4) is 0 Å². The smallest absolute Gasteiger partial charge is 0.237 e. The van der Waals surface area contributed by atoms with Crippen molar-refractivity contribution in [1.82, 2.24) is 4.98 Å². The monoisotopic (exact) mass is 336 g/mol. The van der Waals surface area contributed by atoms with E-state index in [-0.39, 0.29) is 11.2 Å². The van der Waals surface area contributed by atoms with E-state index in [0.29, 0.717) is 0 Å². The number of fused-ring (bicyclic) bond motifs is 1. The van der Waals surface area contributed by atoms with Gasteiger partial charge in [0.25, 0.3) is 0 Å². The first-order valence-electron chi connectivity index (χ1n) is 7.94. The van der Waals surface area contributed by atoms with E-state index in [2.05, 4.69) is 23.3 Å². The molecule has 0 aliphatic rings. The van der Waals surface area contributed by atoms with Crippen LogP contribution in [0.15, 0.2) is 59.6 Å². The Labute approximate surface area is 146 Å². The number of amides is 1. The largest absolute Gasteiger partial charge is 0.325 e. The van der Waals surface area contributed by atoms with Gasteiger partial charge in [-0.05, 0) is 50.1 Å². The summed E-state index contributed by atoms with van der Waals surface area (Å²) < 4.78 is 0. The molecule has 2 aromatic carbocycles. The van der Waals surface area contributed by atoms with E-state index in [4.69, 9.17) is 0 Å². The Kier molecular flexibility index (Phi) is 4.86. The number of aromatic nitrogens is 1. The Balaban J connectivity index is 1.76. The third kappa shape index (κ3) is 3.60. The van der Waals surface area contributed by atoms with Crippen LogP contribution >= 0.6 is 11.8 Å². The molecule has 0 radical (unpaired) electrons. The van der Waals surface area contributed by atoms with Crippen LogP contribution in [0.25, 0.3) is 10.9 Å². The van der Waals surface area contributed by atoms with E-state index >= 15 is 0 Å². The third-order valence-electron chi connectivity index (χ3n) is 3.97. The van der Waals surface area contributed by atoms with Crippen molar-refractivity contribution in [3.05, 3.63) is 65.7 Å². The van der Waals surface area contributed by atoms with Crippen molar-refractivity contribution >= 4 is 34.3 Å². The van der Waals surface area contributed by atoms with Crippen molar-refractivity contribution in [2.75, 3.05) is 5.32 Å². The molecule has 0 aliphatic carbocycles. The number of carbonyl (C=O) groups is 1. The van der Waals surface area contributed by atoms with Crippen LogP contribution in [-0.2, 0) is 4.79 Å². The normalized spacial score (nSPS) is 12.1. The van der Waals surface area contributed by atoms with Gasteiger partial charge in [-0.15, -0.1) is 0 Å². The van der Waals surface area contributed by atoms with Crippen LogP contribution in [0.4, 0.5) is 5.69 Å². The number of pyridine rings is 1. The molecule has 4 heteroatoms. The van der Waals surface area contributed by atoms with Crippen molar-refractivity contribution in [1.29, 1.82) is 0 Å². The summed E-state index contributed by atoms with van der Waals surface area (Å²) in [4.78, 5) is 17.1. The zero-order valence-corrected chi connectivity index (χ0v) is 14.9. The SMILES string of the molecule is Cc1ccccc1NC(=O)C(C)Sc1cc(C)c2ccccc2n1. The van der Waals surface area contributed by atoms with Crippen LogP contribution in [0, 0.1) is 13.8 Å². The van der Waals surface area contributed by atoms with Gasteiger partial charge < -0.3 is 5.32 Å². The topological polar surface area (TPSA) is 42.0 Å². The number of thioether (sulfide) groups is 1. The van der Waals surface area contributed by atoms with E-state index in [1.807, 2.05) is 62.4 Å². The highest BCUT2D eigenvalue weighted by Gasteiger charge is 2.16. The number of para-hydroxylation sites is 2. The fourth-order valence-electron chi connectivity index (χ4n) is 2.56. The van der Waals surface area contributed by atoms with Crippen molar-refractivity contribution in [2.45, 2.75) is 31.0 Å². The molecule has 0 saturated carbocycles. The molecule has 0 saturated heterocycles. The Morgan fingerprint density at radius 3 is 2.54 bits per heavy atom. The van der Waals surface area contributed by atoms with Gasteiger partial charge in [0, 0.05) is 11.1 Å². The zero-order chi connectivity index (χ0) is 17.1. The lowest BCUT2D eigenvalue weighted by Crippen LogP contribution is -2.22. The van der Waals surface area contributed by atoms with Gasteiger partial charge in [-0.2, -0.15) is 0 Å². The van der Waals surface area contributed by atoms with Crippen molar-refractivity contribution < 1.29 is 4.79 Å². The second-order valence-electron chi connectivity index (χ2n) is 5.86. The molecule has 0 aliphatic heterocycles. The molecule has 3 aromatic rings. The van der Waals surface area contributed by atoms with Crippen molar-refractivity contribution in [3.63, 3.8) is 0 Å². The Morgan fingerprint density at radius 1 is 1.04 bits per heavy atom. The molecular weight excluding hydrogens is 316 g/mol. The van der Waals surface area contributed by atoms with Gasteiger partial charge in [-0.25, -0.2) is 4.98 Å². The first kappa shape index (κ1) is 16.5. The quantitative estimate of drug-likeness (QED) is 0.684. The summed E-state index contributed by atoms with van der Waals surface area (Å²) >= 11 is 1.48. The number of rotatable bonds is 4. The van der Waals surface area contributed by atoms with Crippen molar-refractivity contribution in [2.24, 2.45) is 0 Å². The Bertz CT molecular complexity index is 892. The summed E-state index contributed by atoms with van der Waals surface area (Å²) in [6.45, 7) is 5.97. The maximum absolute atomic E-state index is 12.5. The van der Waals surface area contributed by atoms with Gasteiger partial charge in [0.05, 0.1) is 15.8 Å². The minimum Gasteiger partial charge on any atom is -0.325 e. The van der Waals surface area contributed by atoms with Crippen molar-refractivity contribution in [3.8, 4) is 0 Å². The maximum Gasteiger partial charge on any atom is 0.237 e. The lowest BCUT2D eigenvalue weighted by Gasteiger charge is -2.14. The van der Waals surface area contributed by atoms with Crippen LogP contribution in [-0.4, -0.2) is 16.1 Å². The van der Waals surface area contributed by atoms with E-state index in [9.17, 15) is 4.79 Å². The standard InChI is InChI=1S/C20H20N2OS/c1-13-8-4-6-10-17(13)22-20(23)15(3)24-19-12-14(2)16-9-5-7-11-18(16)21-19/h4-12,15H,1-3H3,(H,22,23). The minimum absolute atomic E-state index is 0.0121. The van der Waals surface area contributed by atoms with Crippen LogP contribution in [0.1, 0.15) is 18.1 Å². The molecule has 1 heterocycles. The summed E-state index contributed by atoms with van der Waals surface area (Å²) in [6.07, 6.45) is 0. The van der Waals surface area contributed by atoms with E-state index < -0.39 is 0 Å². The summed E-state index contributed by atoms with van der Waals surface area (Å²) in [5.74, 6) is -0.0121.